The minimum atomic E-state index is 0.365. The van der Waals surface area contributed by atoms with E-state index < -0.39 is 0 Å². The first-order chi connectivity index (χ1) is 6.86. The van der Waals surface area contributed by atoms with Gasteiger partial charge in [0, 0.05) is 19.7 Å². The summed E-state index contributed by atoms with van der Waals surface area (Å²) in [5.41, 5.74) is 0.365. The molecule has 0 aliphatic carbocycles. The van der Waals surface area contributed by atoms with E-state index in [9.17, 15) is 0 Å². The van der Waals surface area contributed by atoms with Crippen molar-refractivity contribution in [3.05, 3.63) is 0 Å². The zero-order chi connectivity index (χ0) is 11.6. The van der Waals surface area contributed by atoms with Crippen LogP contribution in [0.3, 0.4) is 0 Å². The highest BCUT2D eigenvalue weighted by atomic mass is 16.5. The Morgan fingerprint density at radius 1 is 1.27 bits per heavy atom. The Balaban J connectivity index is 2.65. The molecule has 0 saturated carbocycles. The molecule has 1 saturated heterocycles. The third-order valence-corrected chi connectivity index (χ3v) is 3.74. The van der Waals surface area contributed by atoms with Crippen LogP contribution in [0.2, 0.25) is 0 Å². The van der Waals surface area contributed by atoms with Gasteiger partial charge in [-0.3, -0.25) is 4.90 Å². The van der Waals surface area contributed by atoms with E-state index in [0.717, 1.165) is 6.54 Å². The van der Waals surface area contributed by atoms with E-state index in [1.54, 1.807) is 0 Å². The predicted octanol–water partition coefficient (Wildman–Crippen LogP) is 2.78. The minimum Gasteiger partial charge on any atom is -0.380 e. The molecule has 2 nitrogen and oxygen atoms in total. The minimum absolute atomic E-state index is 0.365. The third-order valence-electron chi connectivity index (χ3n) is 3.74. The number of rotatable bonds is 2. The van der Waals surface area contributed by atoms with Crippen LogP contribution in [0.25, 0.3) is 0 Å². The number of hydrogen-bond acceptors (Lipinski definition) is 2. The molecule has 0 N–H and O–H groups in total. The van der Waals surface area contributed by atoms with E-state index in [4.69, 9.17) is 4.74 Å². The van der Waals surface area contributed by atoms with E-state index in [1.165, 1.54) is 13.0 Å². The van der Waals surface area contributed by atoms with Gasteiger partial charge in [-0.2, -0.15) is 0 Å². The van der Waals surface area contributed by atoms with Gasteiger partial charge in [-0.25, -0.2) is 0 Å². The summed E-state index contributed by atoms with van der Waals surface area (Å²) in [6.45, 7) is 13.8. The van der Waals surface area contributed by atoms with Gasteiger partial charge in [-0.05, 0) is 38.1 Å². The lowest BCUT2D eigenvalue weighted by molar-refractivity contribution is -0.0566. The van der Waals surface area contributed by atoms with Crippen molar-refractivity contribution >= 4 is 0 Å². The summed E-state index contributed by atoms with van der Waals surface area (Å²) < 4.78 is 5.67. The maximum Gasteiger partial charge on any atom is 0.0731 e. The van der Waals surface area contributed by atoms with Gasteiger partial charge in [0.2, 0.25) is 0 Å². The number of piperidine rings is 1. The van der Waals surface area contributed by atoms with Crippen molar-refractivity contribution in [3.8, 4) is 0 Å². The van der Waals surface area contributed by atoms with E-state index in [1.807, 2.05) is 7.11 Å². The summed E-state index contributed by atoms with van der Waals surface area (Å²) in [4.78, 5) is 2.52. The fourth-order valence-corrected chi connectivity index (χ4v) is 2.64. The molecule has 1 aliphatic rings. The molecule has 90 valence electrons. The molecule has 0 radical (unpaired) electrons. The van der Waals surface area contributed by atoms with Gasteiger partial charge < -0.3 is 4.74 Å². The second-order valence-corrected chi connectivity index (χ2v) is 6.12. The Labute approximate surface area is 95.0 Å². The van der Waals surface area contributed by atoms with Crippen LogP contribution in [0, 0.1) is 11.3 Å². The monoisotopic (exact) mass is 213 g/mol. The maximum atomic E-state index is 5.67. The fraction of sp³-hybridized carbons (Fsp3) is 1.00. The predicted molar refractivity (Wildman–Crippen MR) is 65.1 cm³/mol. The van der Waals surface area contributed by atoms with E-state index in [2.05, 4.69) is 39.5 Å². The Bertz CT molecular complexity index is 195. The third kappa shape index (κ3) is 3.18. The van der Waals surface area contributed by atoms with Crippen molar-refractivity contribution in [2.24, 2.45) is 11.3 Å². The molecule has 2 unspecified atom stereocenters. The number of hydrogen-bond donors (Lipinski definition) is 0. The first kappa shape index (κ1) is 13.0. The van der Waals surface area contributed by atoms with Crippen LogP contribution in [0.4, 0.5) is 0 Å². The lowest BCUT2D eigenvalue weighted by atomic mass is 9.73. The molecule has 15 heavy (non-hydrogen) atoms. The molecule has 0 aromatic carbocycles. The Hall–Kier alpha value is -0.0800. The van der Waals surface area contributed by atoms with Crippen molar-refractivity contribution < 1.29 is 4.74 Å². The Morgan fingerprint density at radius 2 is 1.87 bits per heavy atom. The van der Waals surface area contributed by atoms with E-state index in [-0.39, 0.29) is 0 Å². The molecule has 1 fully saturated rings. The average Bonchev–Trinajstić information content (AvgIpc) is 2.15. The molecule has 0 spiro atoms. The standard InChI is InChI=1S/C13H27NO/c1-10(2)14-8-7-11(13(3,4)5)12(9-14)15-6/h10-12H,7-9H2,1-6H3. The van der Waals surface area contributed by atoms with Gasteiger partial charge in [-0.15, -0.1) is 0 Å². The molecule has 0 amide bonds. The molecule has 0 aromatic heterocycles. The van der Waals surface area contributed by atoms with Crippen molar-refractivity contribution in [1.29, 1.82) is 0 Å². The summed E-state index contributed by atoms with van der Waals surface area (Å²) in [7, 11) is 1.85. The van der Waals surface area contributed by atoms with Crippen LogP contribution >= 0.6 is 0 Å². The van der Waals surface area contributed by atoms with Crippen molar-refractivity contribution in [1.82, 2.24) is 4.90 Å². The molecular formula is C13H27NO. The molecule has 1 rings (SSSR count). The fourth-order valence-electron chi connectivity index (χ4n) is 2.64. The van der Waals surface area contributed by atoms with Gasteiger partial charge in [0.15, 0.2) is 0 Å². The first-order valence-corrected chi connectivity index (χ1v) is 6.13. The normalized spacial score (nSPS) is 29.8. The quantitative estimate of drug-likeness (QED) is 0.699. The number of likely N-dealkylation sites (tertiary alicyclic amines) is 1. The second-order valence-electron chi connectivity index (χ2n) is 6.12. The summed E-state index contributed by atoms with van der Waals surface area (Å²) >= 11 is 0. The summed E-state index contributed by atoms with van der Waals surface area (Å²) in [6.07, 6.45) is 1.67. The zero-order valence-electron chi connectivity index (χ0n) is 11.2. The van der Waals surface area contributed by atoms with Gasteiger partial charge in [0.25, 0.3) is 0 Å². The number of nitrogens with zero attached hydrogens (tertiary/aromatic N) is 1. The smallest absolute Gasteiger partial charge is 0.0731 e. The average molecular weight is 213 g/mol. The summed E-state index contributed by atoms with van der Waals surface area (Å²) in [5.74, 6) is 0.692. The van der Waals surface area contributed by atoms with Crippen molar-refractivity contribution in [3.63, 3.8) is 0 Å². The first-order valence-electron chi connectivity index (χ1n) is 6.13. The van der Waals surface area contributed by atoms with E-state index in [0.29, 0.717) is 23.5 Å². The van der Waals surface area contributed by atoms with Crippen molar-refractivity contribution in [2.75, 3.05) is 20.2 Å². The van der Waals surface area contributed by atoms with Crippen LogP contribution in [0.5, 0.6) is 0 Å². The molecule has 2 heteroatoms. The Morgan fingerprint density at radius 3 is 2.27 bits per heavy atom. The van der Waals surface area contributed by atoms with Gasteiger partial charge in [0.1, 0.15) is 0 Å². The molecular weight excluding hydrogens is 186 g/mol. The van der Waals surface area contributed by atoms with Crippen LogP contribution < -0.4 is 0 Å². The highest BCUT2D eigenvalue weighted by Gasteiger charge is 2.37. The molecule has 1 heterocycles. The molecule has 1 aliphatic heterocycles. The van der Waals surface area contributed by atoms with Gasteiger partial charge in [-0.1, -0.05) is 20.8 Å². The van der Waals surface area contributed by atoms with Gasteiger partial charge in [0.05, 0.1) is 6.10 Å². The van der Waals surface area contributed by atoms with Crippen LogP contribution in [-0.2, 0) is 4.74 Å². The number of methoxy groups -OCH3 is 1. The second kappa shape index (κ2) is 4.84. The molecule has 0 bridgehead atoms. The van der Waals surface area contributed by atoms with Crippen molar-refractivity contribution in [2.45, 2.75) is 53.2 Å². The largest absolute Gasteiger partial charge is 0.380 e. The highest BCUT2D eigenvalue weighted by molar-refractivity contribution is 4.88. The summed E-state index contributed by atoms with van der Waals surface area (Å²) in [6, 6.07) is 0.642. The van der Waals surface area contributed by atoms with Crippen LogP contribution in [-0.4, -0.2) is 37.2 Å². The van der Waals surface area contributed by atoms with Gasteiger partial charge >= 0.3 is 0 Å². The SMILES string of the molecule is COC1CN(C(C)C)CCC1C(C)(C)C. The molecule has 0 aromatic rings. The zero-order valence-corrected chi connectivity index (χ0v) is 11.2. The highest BCUT2D eigenvalue weighted by Crippen LogP contribution is 2.36. The van der Waals surface area contributed by atoms with Crippen LogP contribution in [0.15, 0.2) is 0 Å². The topological polar surface area (TPSA) is 12.5 Å². The maximum absolute atomic E-state index is 5.67. The number of ether oxygens (including phenoxy) is 1. The summed E-state index contributed by atoms with van der Waals surface area (Å²) in [5, 5.41) is 0. The lowest BCUT2D eigenvalue weighted by Crippen LogP contribution is -2.50. The van der Waals surface area contributed by atoms with Crippen LogP contribution in [0.1, 0.15) is 41.0 Å². The molecule has 2 atom stereocenters. The lowest BCUT2D eigenvalue weighted by Gasteiger charge is -2.45. The Kier molecular flexibility index (Phi) is 4.19. The van der Waals surface area contributed by atoms with E-state index >= 15 is 0 Å².